The Morgan fingerprint density at radius 3 is 2.96 bits per heavy atom. The molecule has 25 heavy (non-hydrogen) atoms. The molecule has 1 saturated heterocycles. The van der Waals surface area contributed by atoms with Gasteiger partial charge in [-0.25, -0.2) is 0 Å². The highest BCUT2D eigenvalue weighted by molar-refractivity contribution is 6.06. The number of aromatic nitrogens is 2. The summed E-state index contributed by atoms with van der Waals surface area (Å²) in [5, 5.41) is 6.91. The van der Waals surface area contributed by atoms with E-state index in [4.69, 9.17) is 4.74 Å². The van der Waals surface area contributed by atoms with Crippen LogP contribution in [0.5, 0.6) is 5.75 Å². The third kappa shape index (κ3) is 4.60. The number of amides is 1. The van der Waals surface area contributed by atoms with Crippen LogP contribution >= 0.6 is 0 Å². The lowest BCUT2D eigenvalue weighted by atomic mass is 10.0. The smallest absolute Gasteiger partial charge is 0.259 e. The molecule has 1 amide bonds. The minimum atomic E-state index is -0.185. The highest BCUT2D eigenvalue weighted by Gasteiger charge is 2.18. The summed E-state index contributed by atoms with van der Waals surface area (Å²) in [6, 6.07) is 7.97. The Hall–Kier alpha value is -2.34. The van der Waals surface area contributed by atoms with Crippen molar-refractivity contribution >= 4 is 11.6 Å². The first-order chi connectivity index (χ1) is 12.1. The maximum Gasteiger partial charge on any atom is 0.259 e. The molecule has 1 aromatic carbocycles. The van der Waals surface area contributed by atoms with E-state index in [9.17, 15) is 4.79 Å². The Kier molecular flexibility index (Phi) is 5.71. The number of benzene rings is 1. The first kappa shape index (κ1) is 17.5. The predicted molar refractivity (Wildman–Crippen MR) is 98.0 cm³/mol. The highest BCUT2D eigenvalue weighted by Crippen LogP contribution is 2.20. The number of piperidine rings is 1. The lowest BCUT2D eigenvalue weighted by Gasteiger charge is -2.33. The van der Waals surface area contributed by atoms with Crippen molar-refractivity contribution < 1.29 is 9.53 Å². The minimum absolute atomic E-state index is 0.185. The summed E-state index contributed by atoms with van der Waals surface area (Å²) in [5.41, 5.74) is 1.21. The maximum absolute atomic E-state index is 12.5. The third-order valence-corrected chi connectivity index (χ3v) is 4.67. The topological polar surface area (TPSA) is 59.4 Å². The molecule has 0 radical (unpaired) electrons. The van der Waals surface area contributed by atoms with E-state index < -0.39 is 0 Å². The zero-order valence-corrected chi connectivity index (χ0v) is 14.9. The van der Waals surface area contributed by atoms with Gasteiger partial charge in [0.15, 0.2) is 0 Å². The van der Waals surface area contributed by atoms with Gasteiger partial charge in [-0.1, -0.05) is 18.6 Å². The van der Waals surface area contributed by atoms with Crippen LogP contribution in [0.1, 0.15) is 36.5 Å². The Morgan fingerprint density at radius 1 is 1.36 bits per heavy atom. The van der Waals surface area contributed by atoms with Crippen molar-refractivity contribution in [3.63, 3.8) is 0 Å². The van der Waals surface area contributed by atoms with Crippen molar-refractivity contribution in [2.75, 3.05) is 25.0 Å². The van der Waals surface area contributed by atoms with Crippen LogP contribution in [0.4, 0.5) is 5.69 Å². The number of rotatable bonds is 6. The third-order valence-electron chi connectivity index (χ3n) is 4.67. The lowest BCUT2D eigenvalue weighted by Crippen LogP contribution is -2.40. The van der Waals surface area contributed by atoms with E-state index >= 15 is 0 Å². The van der Waals surface area contributed by atoms with Crippen molar-refractivity contribution in [3.8, 4) is 5.75 Å². The molecule has 0 unspecified atom stereocenters. The average molecular weight is 342 g/mol. The number of aryl methyl sites for hydroxylation is 1. The van der Waals surface area contributed by atoms with Crippen LogP contribution in [0.25, 0.3) is 0 Å². The van der Waals surface area contributed by atoms with Gasteiger partial charge in [-0.2, -0.15) is 5.10 Å². The molecule has 3 rings (SSSR count). The standard InChI is InChI=1S/C19H26N4O2/c1-15-7-5-6-10-23(15)11-12-25-18-9-4-3-8-17(18)19(24)21-16-13-20-22(2)14-16/h3-4,8-9,13-15H,5-7,10-12H2,1-2H3,(H,21,24)/t15-/m0/s1. The zero-order chi connectivity index (χ0) is 17.6. The van der Waals surface area contributed by atoms with Crippen LogP contribution in [0.15, 0.2) is 36.7 Å². The number of para-hydroxylation sites is 1. The first-order valence-corrected chi connectivity index (χ1v) is 8.89. The average Bonchev–Trinajstić information content (AvgIpc) is 3.02. The van der Waals surface area contributed by atoms with E-state index in [1.54, 1.807) is 23.1 Å². The molecule has 6 nitrogen and oxygen atoms in total. The fourth-order valence-electron chi connectivity index (χ4n) is 3.23. The van der Waals surface area contributed by atoms with Crippen molar-refractivity contribution in [2.45, 2.75) is 32.2 Å². The molecule has 0 saturated carbocycles. The fourth-order valence-corrected chi connectivity index (χ4v) is 3.23. The monoisotopic (exact) mass is 342 g/mol. The van der Waals surface area contributed by atoms with Crippen LogP contribution in [-0.4, -0.2) is 46.3 Å². The second-order valence-corrected chi connectivity index (χ2v) is 6.58. The van der Waals surface area contributed by atoms with E-state index in [0.29, 0.717) is 29.6 Å². The number of anilines is 1. The summed E-state index contributed by atoms with van der Waals surface area (Å²) in [7, 11) is 1.81. The molecule has 1 aromatic heterocycles. The number of nitrogens with zero attached hydrogens (tertiary/aromatic N) is 3. The van der Waals surface area contributed by atoms with Gasteiger partial charge < -0.3 is 10.1 Å². The number of hydrogen-bond acceptors (Lipinski definition) is 4. The van der Waals surface area contributed by atoms with Gasteiger partial charge >= 0.3 is 0 Å². The SMILES string of the molecule is C[C@H]1CCCCN1CCOc1ccccc1C(=O)Nc1cnn(C)c1. The molecule has 0 aliphatic carbocycles. The van der Waals surface area contributed by atoms with Gasteiger partial charge in [0.25, 0.3) is 5.91 Å². The van der Waals surface area contributed by atoms with Gasteiger partial charge in [-0.15, -0.1) is 0 Å². The Labute approximate surface area is 148 Å². The summed E-state index contributed by atoms with van der Waals surface area (Å²) in [6.07, 6.45) is 7.21. The van der Waals surface area contributed by atoms with Crippen molar-refractivity contribution in [2.24, 2.45) is 7.05 Å². The van der Waals surface area contributed by atoms with Crippen molar-refractivity contribution in [1.82, 2.24) is 14.7 Å². The van der Waals surface area contributed by atoms with Gasteiger partial charge in [-0.05, 0) is 38.4 Å². The summed E-state index contributed by atoms with van der Waals surface area (Å²) in [6.45, 7) is 4.88. The lowest BCUT2D eigenvalue weighted by molar-refractivity contribution is 0.101. The van der Waals surface area contributed by atoms with E-state index in [1.165, 1.54) is 19.3 Å². The molecule has 0 spiro atoms. The summed E-state index contributed by atoms with van der Waals surface area (Å²) in [5.74, 6) is 0.434. The highest BCUT2D eigenvalue weighted by atomic mass is 16.5. The van der Waals surface area contributed by atoms with Crippen molar-refractivity contribution in [3.05, 3.63) is 42.2 Å². The number of ether oxygens (including phenoxy) is 1. The van der Waals surface area contributed by atoms with Gasteiger partial charge in [0, 0.05) is 25.8 Å². The largest absolute Gasteiger partial charge is 0.491 e. The first-order valence-electron chi connectivity index (χ1n) is 8.89. The molecule has 0 bridgehead atoms. The molecule has 2 heterocycles. The Balaban J connectivity index is 1.59. The molecule has 1 aliphatic rings. The van der Waals surface area contributed by atoms with Crippen LogP contribution < -0.4 is 10.1 Å². The second kappa shape index (κ2) is 8.16. The van der Waals surface area contributed by atoms with E-state index in [-0.39, 0.29) is 5.91 Å². The number of carbonyl (C=O) groups excluding carboxylic acids is 1. The number of hydrogen-bond donors (Lipinski definition) is 1. The molecule has 2 aromatic rings. The Bertz CT molecular complexity index is 713. The number of likely N-dealkylation sites (tertiary alicyclic amines) is 1. The molecular weight excluding hydrogens is 316 g/mol. The maximum atomic E-state index is 12.5. The molecule has 6 heteroatoms. The van der Waals surface area contributed by atoms with Crippen LogP contribution in [0.2, 0.25) is 0 Å². The minimum Gasteiger partial charge on any atom is -0.491 e. The van der Waals surface area contributed by atoms with E-state index in [2.05, 4.69) is 22.2 Å². The Morgan fingerprint density at radius 2 is 2.20 bits per heavy atom. The fraction of sp³-hybridized carbons (Fsp3) is 0.474. The van der Waals surface area contributed by atoms with Gasteiger partial charge in [-0.3, -0.25) is 14.4 Å². The molecule has 1 atom stereocenters. The molecule has 1 fully saturated rings. The normalized spacial score (nSPS) is 18.1. The van der Waals surface area contributed by atoms with E-state index in [0.717, 1.165) is 13.1 Å². The van der Waals surface area contributed by atoms with Crippen LogP contribution in [0, 0.1) is 0 Å². The van der Waals surface area contributed by atoms with Gasteiger partial charge in [0.05, 0.1) is 17.4 Å². The second-order valence-electron chi connectivity index (χ2n) is 6.58. The molecular formula is C19H26N4O2. The number of carbonyl (C=O) groups is 1. The number of nitrogens with one attached hydrogen (secondary N) is 1. The summed E-state index contributed by atoms with van der Waals surface area (Å²) >= 11 is 0. The molecule has 134 valence electrons. The van der Waals surface area contributed by atoms with Crippen LogP contribution in [0.3, 0.4) is 0 Å². The van der Waals surface area contributed by atoms with Gasteiger partial charge in [0.2, 0.25) is 0 Å². The van der Waals surface area contributed by atoms with Crippen LogP contribution in [-0.2, 0) is 7.05 Å². The van der Waals surface area contributed by atoms with Crippen molar-refractivity contribution in [1.29, 1.82) is 0 Å². The zero-order valence-electron chi connectivity index (χ0n) is 14.9. The van der Waals surface area contributed by atoms with E-state index in [1.807, 2.05) is 25.2 Å². The molecule has 1 aliphatic heterocycles. The summed E-state index contributed by atoms with van der Waals surface area (Å²) < 4.78 is 7.58. The quantitative estimate of drug-likeness (QED) is 0.877. The summed E-state index contributed by atoms with van der Waals surface area (Å²) in [4.78, 5) is 15.0. The molecule has 1 N–H and O–H groups in total. The predicted octanol–water partition coefficient (Wildman–Crippen LogP) is 2.93. The van der Waals surface area contributed by atoms with Gasteiger partial charge in [0.1, 0.15) is 12.4 Å².